The number of rotatable bonds is 8. The lowest BCUT2D eigenvalue weighted by atomic mass is 9.97. The lowest BCUT2D eigenvalue weighted by molar-refractivity contribution is 0.0695. The van der Waals surface area contributed by atoms with Gasteiger partial charge in [-0.2, -0.15) is 4.99 Å². The molecule has 224 valence electrons. The molecule has 0 aliphatic carbocycles. The first-order valence-electron chi connectivity index (χ1n) is 12.7. The molecule has 0 atom stereocenters. The molecule has 0 saturated heterocycles. The minimum absolute atomic E-state index is 0.0515. The van der Waals surface area contributed by atoms with Gasteiger partial charge in [0.05, 0.1) is 15.4 Å². The van der Waals surface area contributed by atoms with Crippen LogP contribution in [0.1, 0.15) is 84.5 Å². The lowest BCUT2D eigenvalue weighted by Crippen LogP contribution is -2.24. The van der Waals surface area contributed by atoms with Crippen molar-refractivity contribution >= 4 is 48.7 Å². The number of hydrogen-bond donors (Lipinski definition) is 3. The molecule has 10 nitrogen and oxygen atoms in total. The molecule has 0 unspecified atom stereocenters. The fourth-order valence-electron chi connectivity index (χ4n) is 3.95. The summed E-state index contributed by atoms with van der Waals surface area (Å²) in [6, 6.07) is 5.99. The number of carbonyl (C=O) groups is 2. The molecule has 1 amide bonds. The minimum Gasteiger partial charge on any atom is -0.478 e. The Hall–Kier alpha value is -3.77. The highest BCUT2D eigenvalue weighted by Gasteiger charge is 2.22. The Morgan fingerprint density at radius 1 is 0.756 bits per heavy atom. The highest BCUT2D eigenvalue weighted by molar-refractivity contribution is 7.91. The Bertz CT molecular complexity index is 1650. The van der Waals surface area contributed by atoms with E-state index in [0.29, 0.717) is 35.1 Å². The molecule has 0 aromatic heterocycles. The van der Waals surface area contributed by atoms with Crippen molar-refractivity contribution in [2.75, 3.05) is 12.5 Å². The molecule has 0 aliphatic heterocycles. The molecule has 0 heterocycles. The van der Waals surface area contributed by atoms with Gasteiger partial charge in [0.2, 0.25) is 0 Å². The van der Waals surface area contributed by atoms with Crippen molar-refractivity contribution in [3.63, 3.8) is 0 Å². The van der Waals surface area contributed by atoms with Crippen molar-refractivity contribution in [1.29, 1.82) is 0 Å². The number of nitrogens with two attached hydrogens (primary N) is 2. The third-order valence-corrected chi connectivity index (χ3v) is 8.65. The van der Waals surface area contributed by atoms with Gasteiger partial charge in [0, 0.05) is 18.1 Å². The Morgan fingerprint density at radius 2 is 1.12 bits per heavy atom. The summed E-state index contributed by atoms with van der Waals surface area (Å²) in [7, 11) is -6.98. The fraction of sp³-hybridized carbons (Fsp3) is 0.345. The van der Waals surface area contributed by atoms with Gasteiger partial charge < -0.3 is 16.6 Å². The van der Waals surface area contributed by atoms with E-state index >= 15 is 0 Å². The third kappa shape index (κ3) is 9.12. The number of aryl methyl sites for hydroxylation is 2. The van der Waals surface area contributed by atoms with Gasteiger partial charge in [0.15, 0.2) is 25.6 Å². The average Bonchev–Trinajstić information content (AvgIpc) is 2.89. The quantitative estimate of drug-likeness (QED) is 0.292. The van der Waals surface area contributed by atoms with Crippen molar-refractivity contribution in [3.8, 4) is 0 Å². The maximum Gasteiger partial charge on any atom is 0.336 e. The van der Waals surface area contributed by atoms with Crippen molar-refractivity contribution < 1.29 is 31.5 Å². The SMILES string of the molecule is CC=C(C)c1cc(CC)c(C(=O)N=C(N)N)cc1S(C)(=O)=O.CC=C(C)c1cc(CC)c(C(=O)O)cc1S(C)(=O)=O. The molecule has 2 rings (SSSR count). The van der Waals surface area contributed by atoms with Crippen molar-refractivity contribution in [2.45, 2.75) is 64.2 Å². The number of allylic oxidation sites excluding steroid dienone is 4. The van der Waals surface area contributed by atoms with Gasteiger partial charge in [-0.1, -0.05) is 26.0 Å². The number of guanidine groups is 1. The fourth-order valence-corrected chi connectivity index (χ4v) is 5.85. The molecule has 0 spiro atoms. The van der Waals surface area contributed by atoms with Crippen molar-refractivity contribution in [1.82, 2.24) is 0 Å². The van der Waals surface area contributed by atoms with Crippen LogP contribution in [0.3, 0.4) is 0 Å². The number of aromatic carboxylic acids is 1. The first-order valence-corrected chi connectivity index (χ1v) is 16.5. The lowest BCUT2D eigenvalue weighted by Gasteiger charge is -2.14. The molecule has 2 aromatic rings. The van der Waals surface area contributed by atoms with Gasteiger partial charge in [-0.3, -0.25) is 4.79 Å². The Morgan fingerprint density at radius 3 is 1.41 bits per heavy atom. The number of carboxylic acid groups (broad SMARTS) is 1. The number of nitrogens with zero attached hydrogens (tertiary/aromatic N) is 1. The summed E-state index contributed by atoms with van der Waals surface area (Å²) >= 11 is 0. The van der Waals surface area contributed by atoms with Gasteiger partial charge >= 0.3 is 5.97 Å². The first kappa shape index (κ1) is 35.3. The first-order chi connectivity index (χ1) is 18.8. The van der Waals surface area contributed by atoms with Gasteiger partial charge in [-0.05, 0) is 98.2 Å². The molecular formula is C29H39N3O7S2. The van der Waals surface area contributed by atoms with E-state index in [1.807, 2.05) is 53.7 Å². The van der Waals surface area contributed by atoms with E-state index in [1.54, 1.807) is 12.1 Å². The monoisotopic (exact) mass is 605 g/mol. The van der Waals surface area contributed by atoms with E-state index in [2.05, 4.69) is 4.99 Å². The predicted octanol–water partition coefficient (Wildman–Crippen LogP) is 4.26. The second-order valence-corrected chi connectivity index (χ2v) is 13.3. The zero-order valence-electron chi connectivity index (χ0n) is 24.7. The molecule has 0 fully saturated rings. The number of carbonyl (C=O) groups excluding carboxylic acids is 1. The van der Waals surface area contributed by atoms with Crippen LogP contribution in [0.25, 0.3) is 11.1 Å². The van der Waals surface area contributed by atoms with Crippen LogP contribution in [0.15, 0.2) is 51.2 Å². The zero-order valence-corrected chi connectivity index (χ0v) is 26.3. The molecule has 0 bridgehead atoms. The standard InChI is InChI=1S/C15H21N3O3S.C14H18O4S/c1-5-9(3)11-7-10(6-2)12(14(19)18-15(16)17)8-13(11)22(4,20)21;1-5-9(3)11-7-10(6-2)12(14(15)16)8-13(11)19(4,17)18/h5,7-8H,6H2,1-4H3,(H4,16,17,18,19);5,7-8H,6H2,1-4H3,(H,15,16). The molecule has 2 aromatic carbocycles. The molecule has 12 heteroatoms. The zero-order chi connectivity index (χ0) is 31.9. The van der Waals surface area contributed by atoms with E-state index in [1.165, 1.54) is 12.1 Å². The van der Waals surface area contributed by atoms with Crippen LogP contribution in [0.5, 0.6) is 0 Å². The number of sulfone groups is 2. The summed E-state index contributed by atoms with van der Waals surface area (Å²) < 4.78 is 47.8. The number of amides is 1. The maximum atomic E-state index is 12.1. The highest BCUT2D eigenvalue weighted by atomic mass is 32.2. The molecule has 41 heavy (non-hydrogen) atoms. The van der Waals surface area contributed by atoms with Crippen LogP contribution in [0, 0.1) is 0 Å². The Kier molecular flexibility index (Phi) is 12.2. The molecule has 5 N–H and O–H groups in total. The second-order valence-electron chi connectivity index (χ2n) is 9.35. The topological polar surface area (TPSA) is 187 Å². The van der Waals surface area contributed by atoms with E-state index in [0.717, 1.165) is 23.7 Å². The minimum atomic E-state index is -3.50. The summed E-state index contributed by atoms with van der Waals surface area (Å²) in [5.41, 5.74) is 14.8. The predicted molar refractivity (Wildman–Crippen MR) is 164 cm³/mol. The van der Waals surface area contributed by atoms with Crippen LogP contribution in [-0.2, 0) is 32.5 Å². The van der Waals surface area contributed by atoms with Crippen molar-refractivity contribution in [2.24, 2.45) is 16.5 Å². The summed E-state index contributed by atoms with van der Waals surface area (Å²) in [6.45, 7) is 11.0. The Balaban J connectivity index is 0.000000414. The third-order valence-electron chi connectivity index (χ3n) is 6.38. The van der Waals surface area contributed by atoms with Crippen molar-refractivity contribution in [3.05, 3.63) is 69.8 Å². The number of benzene rings is 2. The molecule has 0 aliphatic rings. The summed E-state index contributed by atoms with van der Waals surface area (Å²) in [5.74, 6) is -2.11. The second kappa shape index (κ2) is 14.2. The maximum absolute atomic E-state index is 12.1. The average molecular weight is 606 g/mol. The number of carboxylic acids is 1. The smallest absolute Gasteiger partial charge is 0.336 e. The molecule has 0 saturated carbocycles. The number of hydrogen-bond acceptors (Lipinski definition) is 6. The van der Waals surface area contributed by atoms with Gasteiger partial charge in [-0.15, -0.1) is 0 Å². The van der Waals surface area contributed by atoms with E-state index in [9.17, 15) is 26.4 Å². The summed E-state index contributed by atoms with van der Waals surface area (Å²) in [5, 5.41) is 9.16. The van der Waals surface area contributed by atoms with Crippen LogP contribution in [0.2, 0.25) is 0 Å². The largest absolute Gasteiger partial charge is 0.478 e. The summed E-state index contributed by atoms with van der Waals surface area (Å²) in [4.78, 5) is 27.0. The summed E-state index contributed by atoms with van der Waals surface area (Å²) in [6.07, 6.45) is 6.91. The van der Waals surface area contributed by atoms with E-state index < -0.39 is 31.6 Å². The normalized spacial score (nSPS) is 12.3. The van der Waals surface area contributed by atoms with Crippen LogP contribution >= 0.6 is 0 Å². The number of aliphatic imine (C=N–C) groups is 1. The van der Waals surface area contributed by atoms with E-state index in [-0.39, 0.29) is 26.9 Å². The van der Waals surface area contributed by atoms with Crippen LogP contribution < -0.4 is 11.5 Å². The van der Waals surface area contributed by atoms with Crippen LogP contribution in [-0.4, -0.2) is 52.3 Å². The van der Waals surface area contributed by atoms with Gasteiger partial charge in [0.25, 0.3) is 5.91 Å². The van der Waals surface area contributed by atoms with Gasteiger partial charge in [-0.25, -0.2) is 21.6 Å². The highest BCUT2D eigenvalue weighted by Crippen LogP contribution is 2.29. The Labute approximate surface area is 242 Å². The van der Waals surface area contributed by atoms with Crippen LogP contribution in [0.4, 0.5) is 0 Å². The molecule has 0 radical (unpaired) electrons. The van der Waals surface area contributed by atoms with E-state index in [4.69, 9.17) is 16.6 Å². The molecular weight excluding hydrogens is 566 g/mol. The van der Waals surface area contributed by atoms with Gasteiger partial charge in [0.1, 0.15) is 0 Å².